The maximum Gasteiger partial charge on any atom is 0.308 e. The topological polar surface area (TPSA) is 91.3 Å². The third-order valence-corrected chi connectivity index (χ3v) is 2.87. The molecule has 0 aliphatic rings. The number of aliphatic carboxylic acids is 1. The number of nitrogens with zero attached hydrogens (tertiary/aromatic N) is 1. The van der Waals surface area contributed by atoms with Crippen LogP contribution in [0.15, 0.2) is 18.3 Å². The molecule has 104 valence electrons. The molecular formula is C13H19N3O3. The molecule has 1 aromatic rings. The number of carboxylic acid groups (broad SMARTS) is 1. The number of hydrogen-bond acceptors (Lipinski definition) is 4. The molecule has 0 saturated heterocycles. The number of aromatic nitrogens is 1. The molecule has 3 N–H and O–H groups in total. The summed E-state index contributed by atoms with van der Waals surface area (Å²) in [5.41, 5.74) is 0.976. The van der Waals surface area contributed by atoms with Crippen LogP contribution >= 0.6 is 0 Å². The minimum atomic E-state index is -0.830. The molecule has 1 amide bonds. The molecule has 0 saturated carbocycles. The lowest BCUT2D eigenvalue weighted by molar-refractivity contribution is -0.142. The Morgan fingerprint density at radius 2 is 2.11 bits per heavy atom. The van der Waals surface area contributed by atoms with Crippen LogP contribution in [-0.2, 0) is 4.79 Å². The first kappa shape index (κ1) is 14.9. The Hall–Kier alpha value is -2.11. The summed E-state index contributed by atoms with van der Waals surface area (Å²) in [5, 5.41) is 14.6. The van der Waals surface area contributed by atoms with E-state index in [-0.39, 0.29) is 11.8 Å². The average Bonchev–Trinajstić information content (AvgIpc) is 2.37. The van der Waals surface area contributed by atoms with Crippen LogP contribution in [0.2, 0.25) is 0 Å². The van der Waals surface area contributed by atoms with Crippen molar-refractivity contribution in [2.24, 2.45) is 11.8 Å². The number of carbonyl (C=O) groups is 2. The van der Waals surface area contributed by atoms with Crippen molar-refractivity contribution in [1.29, 1.82) is 0 Å². The van der Waals surface area contributed by atoms with E-state index in [0.29, 0.717) is 17.9 Å². The highest BCUT2D eigenvalue weighted by molar-refractivity contribution is 5.92. The molecule has 19 heavy (non-hydrogen) atoms. The molecule has 0 bridgehead atoms. The molecule has 0 radical (unpaired) electrons. The SMILES string of the molecule is CNC(=O)c1cc(NCC(C(=O)O)C(C)C)ccn1. The van der Waals surface area contributed by atoms with Crippen LogP contribution in [0, 0.1) is 11.8 Å². The lowest BCUT2D eigenvalue weighted by atomic mass is 9.96. The van der Waals surface area contributed by atoms with Crippen molar-refractivity contribution in [1.82, 2.24) is 10.3 Å². The van der Waals surface area contributed by atoms with Crippen LogP contribution in [0.3, 0.4) is 0 Å². The first-order valence-corrected chi connectivity index (χ1v) is 6.10. The Labute approximate surface area is 112 Å². The van der Waals surface area contributed by atoms with E-state index in [4.69, 9.17) is 5.11 Å². The molecule has 1 heterocycles. The molecule has 0 aliphatic carbocycles. The Bertz CT molecular complexity index is 460. The van der Waals surface area contributed by atoms with E-state index in [1.165, 1.54) is 13.2 Å². The number of carbonyl (C=O) groups excluding carboxylic acids is 1. The molecule has 0 fully saturated rings. The molecule has 0 aromatic carbocycles. The molecule has 1 aromatic heterocycles. The minimum Gasteiger partial charge on any atom is -0.481 e. The van der Waals surface area contributed by atoms with Gasteiger partial charge in [0.25, 0.3) is 5.91 Å². The van der Waals surface area contributed by atoms with Gasteiger partial charge >= 0.3 is 5.97 Å². The number of anilines is 1. The van der Waals surface area contributed by atoms with Crippen molar-refractivity contribution >= 4 is 17.6 Å². The van der Waals surface area contributed by atoms with Gasteiger partial charge in [-0.1, -0.05) is 13.8 Å². The number of rotatable bonds is 6. The van der Waals surface area contributed by atoms with Gasteiger partial charge in [-0.05, 0) is 18.1 Å². The molecule has 1 atom stereocenters. The standard InChI is InChI=1S/C13H19N3O3/c1-8(2)10(13(18)19)7-16-9-4-5-15-11(6-9)12(17)14-3/h4-6,8,10H,7H2,1-3H3,(H,14,17)(H,15,16)(H,18,19). The smallest absolute Gasteiger partial charge is 0.308 e. The van der Waals surface area contributed by atoms with Crippen molar-refractivity contribution in [2.45, 2.75) is 13.8 Å². The second kappa shape index (κ2) is 6.72. The van der Waals surface area contributed by atoms with E-state index in [2.05, 4.69) is 15.6 Å². The summed E-state index contributed by atoms with van der Waals surface area (Å²) in [6, 6.07) is 3.30. The van der Waals surface area contributed by atoms with Gasteiger partial charge < -0.3 is 15.7 Å². The molecular weight excluding hydrogens is 246 g/mol. The summed E-state index contributed by atoms with van der Waals surface area (Å²) in [5.74, 6) is -1.55. The largest absolute Gasteiger partial charge is 0.481 e. The summed E-state index contributed by atoms with van der Waals surface area (Å²) in [6.07, 6.45) is 1.51. The molecule has 0 spiro atoms. The Balaban J connectivity index is 2.72. The maximum absolute atomic E-state index is 11.4. The predicted octanol–water partition coefficient (Wildman–Crippen LogP) is 1.21. The normalized spacial score (nSPS) is 12.0. The fourth-order valence-electron chi connectivity index (χ4n) is 1.63. The third-order valence-electron chi connectivity index (χ3n) is 2.87. The van der Waals surface area contributed by atoms with Crippen molar-refractivity contribution in [3.63, 3.8) is 0 Å². The minimum absolute atomic E-state index is 0.0326. The first-order valence-electron chi connectivity index (χ1n) is 6.10. The molecule has 0 aliphatic heterocycles. The summed E-state index contributed by atoms with van der Waals surface area (Å²) in [4.78, 5) is 26.4. The monoisotopic (exact) mass is 265 g/mol. The third kappa shape index (κ3) is 4.24. The number of nitrogens with one attached hydrogen (secondary N) is 2. The number of carboxylic acids is 1. The lowest BCUT2D eigenvalue weighted by Crippen LogP contribution is -2.27. The quantitative estimate of drug-likeness (QED) is 0.719. The van der Waals surface area contributed by atoms with Gasteiger partial charge in [0, 0.05) is 25.5 Å². The van der Waals surface area contributed by atoms with Gasteiger partial charge in [0.2, 0.25) is 0 Å². The van der Waals surface area contributed by atoms with E-state index >= 15 is 0 Å². The van der Waals surface area contributed by atoms with E-state index in [1.54, 1.807) is 12.1 Å². The second-order valence-corrected chi connectivity index (χ2v) is 4.58. The second-order valence-electron chi connectivity index (χ2n) is 4.58. The van der Waals surface area contributed by atoms with Gasteiger partial charge in [-0.2, -0.15) is 0 Å². The average molecular weight is 265 g/mol. The van der Waals surface area contributed by atoms with Gasteiger partial charge in [-0.3, -0.25) is 14.6 Å². The van der Waals surface area contributed by atoms with Crippen molar-refractivity contribution in [3.8, 4) is 0 Å². The van der Waals surface area contributed by atoms with Gasteiger partial charge in [0.05, 0.1) is 5.92 Å². The number of amides is 1. The van der Waals surface area contributed by atoms with Crippen LogP contribution in [-0.4, -0.2) is 35.6 Å². The van der Waals surface area contributed by atoms with Crippen LogP contribution in [0.4, 0.5) is 5.69 Å². The van der Waals surface area contributed by atoms with Crippen LogP contribution in [0.5, 0.6) is 0 Å². The van der Waals surface area contributed by atoms with E-state index in [9.17, 15) is 9.59 Å². The Kier molecular flexibility index (Phi) is 5.29. The van der Waals surface area contributed by atoms with Gasteiger partial charge in [-0.25, -0.2) is 0 Å². The summed E-state index contributed by atoms with van der Waals surface area (Å²) >= 11 is 0. The maximum atomic E-state index is 11.4. The summed E-state index contributed by atoms with van der Waals surface area (Å²) < 4.78 is 0. The van der Waals surface area contributed by atoms with Crippen LogP contribution in [0.25, 0.3) is 0 Å². The first-order chi connectivity index (χ1) is 8.95. The van der Waals surface area contributed by atoms with Crippen LogP contribution in [0.1, 0.15) is 24.3 Å². The highest BCUT2D eigenvalue weighted by atomic mass is 16.4. The zero-order valence-corrected chi connectivity index (χ0v) is 11.3. The van der Waals surface area contributed by atoms with Gasteiger partial charge in [0.15, 0.2) is 0 Å². The summed E-state index contributed by atoms with van der Waals surface area (Å²) in [6.45, 7) is 4.04. The zero-order chi connectivity index (χ0) is 14.4. The highest BCUT2D eigenvalue weighted by Gasteiger charge is 2.21. The predicted molar refractivity (Wildman–Crippen MR) is 72.1 cm³/mol. The van der Waals surface area contributed by atoms with Gasteiger partial charge in [0.1, 0.15) is 5.69 Å². The molecule has 6 heteroatoms. The zero-order valence-electron chi connectivity index (χ0n) is 11.3. The van der Waals surface area contributed by atoms with Crippen LogP contribution < -0.4 is 10.6 Å². The fraction of sp³-hybridized carbons (Fsp3) is 0.462. The lowest BCUT2D eigenvalue weighted by Gasteiger charge is -2.17. The molecule has 6 nitrogen and oxygen atoms in total. The number of hydrogen-bond donors (Lipinski definition) is 3. The molecule has 1 unspecified atom stereocenters. The van der Waals surface area contributed by atoms with Gasteiger partial charge in [-0.15, -0.1) is 0 Å². The van der Waals surface area contributed by atoms with Crippen molar-refractivity contribution < 1.29 is 14.7 Å². The van der Waals surface area contributed by atoms with E-state index < -0.39 is 11.9 Å². The van der Waals surface area contributed by atoms with Crippen molar-refractivity contribution in [3.05, 3.63) is 24.0 Å². The van der Waals surface area contributed by atoms with E-state index in [1.807, 2.05) is 13.8 Å². The van der Waals surface area contributed by atoms with Crippen molar-refractivity contribution in [2.75, 3.05) is 18.9 Å². The fourth-order valence-corrected chi connectivity index (χ4v) is 1.63. The van der Waals surface area contributed by atoms with E-state index in [0.717, 1.165) is 0 Å². The Morgan fingerprint density at radius 3 is 2.63 bits per heavy atom. The Morgan fingerprint density at radius 1 is 1.42 bits per heavy atom. The molecule has 1 rings (SSSR count). The summed E-state index contributed by atoms with van der Waals surface area (Å²) in [7, 11) is 1.53. The number of pyridine rings is 1. The highest BCUT2D eigenvalue weighted by Crippen LogP contribution is 2.14.